The minimum Gasteiger partial charge on any atom is -0.674 e. The molecule has 10 nitrogen and oxygen atoms in total. The van der Waals surface area contributed by atoms with Crippen LogP contribution in [0.25, 0.3) is 35.2 Å². The molecule has 1 radical (unpaired) electrons. The van der Waals surface area contributed by atoms with Gasteiger partial charge in [-0.2, -0.15) is 0 Å². The van der Waals surface area contributed by atoms with Crippen molar-refractivity contribution in [2.75, 3.05) is 0 Å². The third-order valence-corrected chi connectivity index (χ3v) is 8.42. The first-order valence-corrected chi connectivity index (χ1v) is 14.2. The number of fused-ring (bicyclic) bond motifs is 8. The van der Waals surface area contributed by atoms with Crippen molar-refractivity contribution in [1.29, 1.82) is 0 Å². The molecule has 5 heterocycles. The van der Waals surface area contributed by atoms with Crippen LogP contribution in [0.15, 0.2) is 29.5 Å². The van der Waals surface area contributed by atoms with E-state index in [0.29, 0.717) is 50.9 Å². The maximum Gasteiger partial charge on any atom is 0.330 e. The van der Waals surface area contributed by atoms with Gasteiger partial charge in [-0.1, -0.05) is 82.8 Å². The first-order valence-electron chi connectivity index (χ1n) is 14.2. The summed E-state index contributed by atoms with van der Waals surface area (Å²) in [6.45, 7) is 13.3. The van der Waals surface area contributed by atoms with E-state index in [1.807, 2.05) is 26.8 Å². The number of hydrogen-bond acceptors (Lipinski definition) is 3. The predicted molar refractivity (Wildman–Crippen MR) is 166 cm³/mol. The van der Waals surface area contributed by atoms with E-state index >= 15 is 0 Å². The molecule has 3 aromatic rings. The standard InChI is InChI=1S/C34H32N4O6.Cu/c1-7-19-15(3)23-12-25-17(5)21(9-10-29(39)40)32(37-25)22(11-30(41)42)33-31(34(43)44)18(6)26(38-33)14-28-20(8-2)16(4)24(36-28)13-27(19)35-23;/h7,11-14,33H,1,8-10H2,2-6H3,(H,39,40)(H,41,42)(H,43,44);/q-4;/b22-11+,23-12-,26-14-,27-13-;. The van der Waals surface area contributed by atoms with Gasteiger partial charge in [0.2, 0.25) is 0 Å². The molecule has 8 bridgehead atoms. The Hall–Kier alpha value is -4.73. The predicted octanol–water partition coefficient (Wildman–Crippen LogP) is 3.34. The van der Waals surface area contributed by atoms with E-state index in [-0.39, 0.29) is 46.8 Å². The van der Waals surface area contributed by atoms with Crippen LogP contribution in [0.4, 0.5) is 0 Å². The van der Waals surface area contributed by atoms with Gasteiger partial charge < -0.3 is 35.6 Å². The number of aromatic nitrogens is 3. The number of nitrogens with zero attached hydrogens (tertiary/aromatic N) is 4. The molecule has 11 heteroatoms. The smallest absolute Gasteiger partial charge is 0.330 e. The number of hydrogen-bond donors (Lipinski definition) is 3. The maximum atomic E-state index is 12.7. The van der Waals surface area contributed by atoms with E-state index in [4.69, 9.17) is 20.3 Å². The Bertz CT molecular complexity index is 1980. The molecule has 0 aromatic carbocycles. The van der Waals surface area contributed by atoms with Gasteiger partial charge in [-0.3, -0.25) is 4.79 Å². The Kier molecular flexibility index (Phi) is 9.37. The molecule has 5 rings (SSSR count). The van der Waals surface area contributed by atoms with Crippen molar-refractivity contribution in [2.24, 2.45) is 0 Å². The molecule has 1 unspecified atom stereocenters. The molecule has 0 spiro atoms. The average molecular weight is 656 g/mol. The van der Waals surface area contributed by atoms with Crippen LogP contribution in [0, 0.1) is 20.8 Å². The molecule has 2 aliphatic heterocycles. The van der Waals surface area contributed by atoms with Crippen molar-refractivity contribution in [2.45, 2.75) is 59.9 Å². The second kappa shape index (κ2) is 12.7. The van der Waals surface area contributed by atoms with Gasteiger partial charge in [-0.15, -0.1) is 39.2 Å². The first kappa shape index (κ1) is 33.2. The van der Waals surface area contributed by atoms with Crippen molar-refractivity contribution >= 4 is 47.8 Å². The van der Waals surface area contributed by atoms with Crippen molar-refractivity contribution < 1.29 is 46.8 Å². The summed E-state index contributed by atoms with van der Waals surface area (Å²) in [5.74, 6) is -3.58. The van der Waals surface area contributed by atoms with Crippen molar-refractivity contribution in [3.63, 3.8) is 0 Å². The van der Waals surface area contributed by atoms with Crippen LogP contribution in [0.5, 0.6) is 0 Å². The van der Waals surface area contributed by atoms with Crippen LogP contribution in [-0.4, -0.2) is 39.3 Å². The molecule has 0 aliphatic carbocycles. The SMILES string of the molecule is C=Cc1c(C)/c2[n-]/c1=C\c1[n-]c(c(CC)c1C)/C=C1\[N-]C(C(C(=O)O)=C1C)/C(=C/C(=O)O)c1[n-]c(c(C)c1CCC(=O)O)\C=2.[Cu]. The number of aliphatic carboxylic acids is 3. The van der Waals surface area contributed by atoms with Crippen molar-refractivity contribution in [1.82, 2.24) is 15.0 Å². The van der Waals surface area contributed by atoms with Crippen LogP contribution in [0.3, 0.4) is 0 Å². The van der Waals surface area contributed by atoms with Gasteiger partial charge in [0.05, 0.1) is 0 Å². The fourth-order valence-electron chi connectivity index (χ4n) is 6.06. The zero-order valence-electron chi connectivity index (χ0n) is 25.4. The number of carbonyl (C=O) groups is 3. The summed E-state index contributed by atoms with van der Waals surface area (Å²) in [6, 6.07) is -1.20. The molecule has 0 saturated carbocycles. The van der Waals surface area contributed by atoms with Gasteiger partial charge >= 0.3 is 17.9 Å². The number of carboxylic acids is 3. The summed E-state index contributed by atoms with van der Waals surface area (Å²) in [7, 11) is 0. The molecule has 3 aromatic heterocycles. The molecule has 0 amide bonds. The molecular weight excluding hydrogens is 624 g/mol. The number of carboxylic acid groups (broad SMARTS) is 3. The largest absolute Gasteiger partial charge is 0.674 e. The molecular formula is C34H32CuN4O6-4. The van der Waals surface area contributed by atoms with Crippen LogP contribution in [0.2, 0.25) is 0 Å². The zero-order chi connectivity index (χ0) is 32.0. The van der Waals surface area contributed by atoms with Crippen LogP contribution in [0.1, 0.15) is 76.4 Å². The minimum absolute atomic E-state index is 0. The molecule has 45 heavy (non-hydrogen) atoms. The second-order valence-electron chi connectivity index (χ2n) is 10.9. The fraction of sp³-hybridized carbons (Fsp3) is 0.265. The molecule has 0 saturated heterocycles. The van der Waals surface area contributed by atoms with Gasteiger partial charge in [0.1, 0.15) is 0 Å². The van der Waals surface area contributed by atoms with Gasteiger partial charge in [0.15, 0.2) is 0 Å². The van der Waals surface area contributed by atoms with Crippen LogP contribution < -0.4 is 25.7 Å². The van der Waals surface area contributed by atoms with Gasteiger partial charge in [-0.25, -0.2) is 9.59 Å². The normalized spacial score (nSPS) is 19.0. The quantitative estimate of drug-likeness (QED) is 0.255. The second-order valence-corrected chi connectivity index (χ2v) is 10.9. The van der Waals surface area contributed by atoms with Gasteiger partial charge in [0.25, 0.3) is 0 Å². The third-order valence-electron chi connectivity index (χ3n) is 8.42. The molecule has 2 aliphatic rings. The average Bonchev–Trinajstić information content (AvgIpc) is 3.63. The summed E-state index contributed by atoms with van der Waals surface area (Å²) in [5.41, 5.74) is 7.54. The Morgan fingerprint density at radius 2 is 1.51 bits per heavy atom. The first-order chi connectivity index (χ1) is 20.9. The minimum atomic E-state index is -1.31. The topological polar surface area (TPSA) is 168 Å². The summed E-state index contributed by atoms with van der Waals surface area (Å²) in [6.07, 6.45) is 8.57. The fourth-order valence-corrected chi connectivity index (χ4v) is 6.06. The van der Waals surface area contributed by atoms with E-state index in [9.17, 15) is 29.7 Å². The van der Waals surface area contributed by atoms with E-state index < -0.39 is 23.9 Å². The maximum absolute atomic E-state index is 12.7. The molecule has 3 N–H and O–H groups in total. The Labute approximate surface area is 270 Å². The Morgan fingerprint density at radius 1 is 0.867 bits per heavy atom. The Morgan fingerprint density at radius 3 is 2.11 bits per heavy atom. The summed E-state index contributed by atoms with van der Waals surface area (Å²) < 4.78 is 0. The van der Waals surface area contributed by atoms with Gasteiger partial charge in [-0.05, 0) is 46.1 Å². The number of allylic oxidation sites excluding steroid dienone is 1. The van der Waals surface area contributed by atoms with Crippen molar-refractivity contribution in [3.05, 3.63) is 102 Å². The summed E-state index contributed by atoms with van der Waals surface area (Å²) in [4.78, 5) is 51.0. The Balaban J connectivity index is 0.00000461. The molecule has 239 valence electrons. The van der Waals surface area contributed by atoms with Crippen LogP contribution >= 0.6 is 0 Å². The van der Waals surface area contributed by atoms with E-state index in [0.717, 1.165) is 34.0 Å². The summed E-state index contributed by atoms with van der Waals surface area (Å²) >= 11 is 0. The van der Waals surface area contributed by atoms with Crippen LogP contribution in [-0.2, 0) is 44.3 Å². The molecule has 0 fully saturated rings. The monoisotopic (exact) mass is 655 g/mol. The van der Waals surface area contributed by atoms with E-state index in [1.165, 1.54) is 0 Å². The van der Waals surface area contributed by atoms with E-state index in [1.54, 1.807) is 32.1 Å². The van der Waals surface area contributed by atoms with Crippen molar-refractivity contribution in [3.8, 4) is 0 Å². The third kappa shape index (κ3) is 5.89. The van der Waals surface area contributed by atoms with E-state index in [2.05, 4.69) is 6.58 Å². The van der Waals surface area contributed by atoms with Gasteiger partial charge in [0, 0.05) is 35.1 Å². The molecule has 1 atom stereocenters. The zero-order valence-corrected chi connectivity index (χ0v) is 26.4. The summed E-state index contributed by atoms with van der Waals surface area (Å²) in [5, 5.41) is 35.8. The number of rotatable bonds is 7.